The molecule has 1 atom stereocenters. The fraction of sp³-hybridized carbons (Fsp3) is 0.304. The number of thiazole rings is 1. The van der Waals surface area contributed by atoms with Crippen LogP contribution in [0.4, 0.5) is 0 Å². The quantitative estimate of drug-likeness (QED) is 0.401. The third-order valence-electron chi connectivity index (χ3n) is 5.47. The number of nitrogens with one attached hydrogen (secondary N) is 1. The summed E-state index contributed by atoms with van der Waals surface area (Å²) in [5.41, 5.74) is 3.40. The first kappa shape index (κ1) is 23.5. The Hall–Kier alpha value is -2.68. The van der Waals surface area contributed by atoms with E-state index in [4.69, 9.17) is 23.2 Å². The SMILES string of the molecule is CC[C@H](C)NC(=O)Cc1csc2nc(C)c(-c3cc(C)n(-c4ccc(Cl)c(Cl)c4)n3)c(=O)n12. The van der Waals surface area contributed by atoms with Crippen molar-refractivity contribution in [2.45, 2.75) is 46.6 Å². The number of hydrogen-bond acceptors (Lipinski definition) is 5. The van der Waals surface area contributed by atoms with Crippen LogP contribution in [0.1, 0.15) is 37.4 Å². The summed E-state index contributed by atoms with van der Waals surface area (Å²) in [5.74, 6) is -0.127. The molecule has 4 rings (SSSR count). The van der Waals surface area contributed by atoms with E-state index in [1.54, 1.807) is 23.7 Å². The Bertz CT molecular complexity index is 1420. The van der Waals surface area contributed by atoms with Gasteiger partial charge >= 0.3 is 0 Å². The van der Waals surface area contributed by atoms with Crippen molar-refractivity contribution in [2.24, 2.45) is 0 Å². The molecule has 0 bridgehead atoms. The number of aromatic nitrogens is 4. The molecule has 3 heterocycles. The predicted molar refractivity (Wildman–Crippen MR) is 133 cm³/mol. The van der Waals surface area contributed by atoms with Gasteiger partial charge in [-0.15, -0.1) is 11.3 Å². The normalized spacial score (nSPS) is 12.3. The maximum atomic E-state index is 13.6. The van der Waals surface area contributed by atoms with Crippen molar-refractivity contribution in [3.05, 3.63) is 67.1 Å². The molecule has 1 N–H and O–H groups in total. The second-order valence-corrected chi connectivity index (χ2v) is 9.61. The van der Waals surface area contributed by atoms with Crippen molar-refractivity contribution in [1.82, 2.24) is 24.5 Å². The zero-order valence-electron chi connectivity index (χ0n) is 18.6. The number of hydrogen-bond donors (Lipinski definition) is 1. The third kappa shape index (κ3) is 4.55. The average Bonchev–Trinajstić information content (AvgIpc) is 3.33. The number of fused-ring (bicyclic) bond motifs is 1. The number of rotatable bonds is 6. The summed E-state index contributed by atoms with van der Waals surface area (Å²) < 4.78 is 3.22. The van der Waals surface area contributed by atoms with Gasteiger partial charge in [0, 0.05) is 22.8 Å². The second kappa shape index (κ2) is 9.29. The number of carbonyl (C=O) groups is 1. The maximum Gasteiger partial charge on any atom is 0.268 e. The fourth-order valence-electron chi connectivity index (χ4n) is 3.59. The van der Waals surface area contributed by atoms with Crippen molar-refractivity contribution >= 4 is 45.4 Å². The molecule has 0 aliphatic carbocycles. The van der Waals surface area contributed by atoms with Gasteiger partial charge in [-0.05, 0) is 51.5 Å². The Kier molecular flexibility index (Phi) is 6.61. The lowest BCUT2D eigenvalue weighted by Gasteiger charge is -2.11. The lowest BCUT2D eigenvalue weighted by molar-refractivity contribution is -0.121. The van der Waals surface area contributed by atoms with E-state index in [1.807, 2.05) is 38.3 Å². The largest absolute Gasteiger partial charge is 0.353 e. The Morgan fingerprint density at radius 3 is 2.67 bits per heavy atom. The van der Waals surface area contributed by atoms with Gasteiger partial charge in [0.2, 0.25) is 5.91 Å². The van der Waals surface area contributed by atoms with E-state index in [-0.39, 0.29) is 23.9 Å². The molecule has 0 spiro atoms. The van der Waals surface area contributed by atoms with E-state index >= 15 is 0 Å². The molecule has 0 unspecified atom stereocenters. The summed E-state index contributed by atoms with van der Waals surface area (Å²) in [5, 5.41) is 10.3. The first-order chi connectivity index (χ1) is 15.7. The molecule has 1 aromatic carbocycles. The first-order valence-electron chi connectivity index (χ1n) is 10.5. The third-order valence-corrected chi connectivity index (χ3v) is 7.09. The maximum absolute atomic E-state index is 13.6. The molecule has 0 aliphatic rings. The van der Waals surface area contributed by atoms with E-state index in [9.17, 15) is 9.59 Å². The standard InChI is InChI=1S/C23H23Cl2N5O2S/c1-5-12(2)26-20(31)10-16-11-33-23-27-14(4)21(22(32)29(16)23)19-8-13(3)30(28-19)15-6-7-17(24)18(25)9-15/h6-9,11-12H,5,10H2,1-4H3,(H,26,31)/t12-/m0/s1. The summed E-state index contributed by atoms with van der Waals surface area (Å²) in [6, 6.07) is 7.15. The molecule has 0 aliphatic heterocycles. The van der Waals surface area contributed by atoms with Crippen LogP contribution >= 0.6 is 34.5 Å². The van der Waals surface area contributed by atoms with Crippen LogP contribution in [0, 0.1) is 13.8 Å². The van der Waals surface area contributed by atoms with Crippen LogP contribution in [-0.2, 0) is 11.2 Å². The monoisotopic (exact) mass is 503 g/mol. The van der Waals surface area contributed by atoms with Crippen LogP contribution in [0.5, 0.6) is 0 Å². The summed E-state index contributed by atoms with van der Waals surface area (Å²) in [6.07, 6.45) is 0.937. The van der Waals surface area contributed by atoms with Gasteiger partial charge in [-0.1, -0.05) is 30.1 Å². The van der Waals surface area contributed by atoms with E-state index in [0.29, 0.717) is 37.7 Å². The summed E-state index contributed by atoms with van der Waals surface area (Å²) in [6.45, 7) is 7.64. The zero-order valence-corrected chi connectivity index (χ0v) is 21.0. The van der Waals surface area contributed by atoms with Gasteiger partial charge in [0.05, 0.1) is 33.4 Å². The van der Waals surface area contributed by atoms with Gasteiger partial charge in [0.1, 0.15) is 5.69 Å². The number of amides is 1. The number of benzene rings is 1. The molecule has 10 heteroatoms. The van der Waals surface area contributed by atoms with Crippen molar-refractivity contribution in [3.8, 4) is 16.9 Å². The van der Waals surface area contributed by atoms with Gasteiger partial charge in [-0.3, -0.25) is 14.0 Å². The van der Waals surface area contributed by atoms with E-state index in [2.05, 4.69) is 15.4 Å². The number of nitrogens with zero attached hydrogens (tertiary/aromatic N) is 4. The molecule has 0 radical (unpaired) electrons. The highest BCUT2D eigenvalue weighted by Gasteiger charge is 2.20. The first-order valence-corrected chi connectivity index (χ1v) is 12.1. The Balaban J connectivity index is 1.78. The van der Waals surface area contributed by atoms with Crippen molar-refractivity contribution in [2.75, 3.05) is 0 Å². The van der Waals surface area contributed by atoms with Gasteiger partial charge < -0.3 is 5.32 Å². The Morgan fingerprint density at radius 1 is 1.21 bits per heavy atom. The minimum Gasteiger partial charge on any atom is -0.353 e. The molecular weight excluding hydrogens is 481 g/mol. The van der Waals surface area contributed by atoms with E-state index < -0.39 is 0 Å². The van der Waals surface area contributed by atoms with Crippen molar-refractivity contribution < 1.29 is 4.79 Å². The molecule has 7 nitrogen and oxygen atoms in total. The average molecular weight is 504 g/mol. The van der Waals surface area contributed by atoms with Crippen LogP contribution in [0.15, 0.2) is 34.4 Å². The van der Waals surface area contributed by atoms with Crippen molar-refractivity contribution in [3.63, 3.8) is 0 Å². The molecular formula is C23H23Cl2N5O2S. The van der Waals surface area contributed by atoms with Crippen molar-refractivity contribution in [1.29, 1.82) is 0 Å². The molecule has 0 saturated carbocycles. The highest BCUT2D eigenvalue weighted by molar-refractivity contribution is 7.15. The molecule has 3 aromatic heterocycles. The lowest BCUT2D eigenvalue weighted by Crippen LogP contribution is -2.34. The highest BCUT2D eigenvalue weighted by atomic mass is 35.5. The Morgan fingerprint density at radius 2 is 1.97 bits per heavy atom. The smallest absolute Gasteiger partial charge is 0.268 e. The number of carbonyl (C=O) groups excluding carboxylic acids is 1. The molecule has 0 fully saturated rings. The molecule has 0 saturated heterocycles. The number of halogens is 2. The van der Waals surface area contributed by atoms with E-state index in [1.165, 1.54) is 15.7 Å². The van der Waals surface area contributed by atoms with E-state index in [0.717, 1.165) is 17.8 Å². The van der Waals surface area contributed by atoms with Gasteiger partial charge in [-0.2, -0.15) is 5.10 Å². The minimum atomic E-state index is -0.246. The Labute approximate surface area is 205 Å². The topological polar surface area (TPSA) is 81.3 Å². The van der Waals surface area contributed by atoms with Crippen LogP contribution in [0.3, 0.4) is 0 Å². The zero-order chi connectivity index (χ0) is 23.9. The highest BCUT2D eigenvalue weighted by Crippen LogP contribution is 2.27. The summed E-state index contributed by atoms with van der Waals surface area (Å²) in [7, 11) is 0. The molecule has 172 valence electrons. The second-order valence-electron chi connectivity index (χ2n) is 7.96. The fourth-order valence-corrected chi connectivity index (χ4v) is 4.81. The summed E-state index contributed by atoms with van der Waals surface area (Å²) >= 11 is 13.6. The predicted octanol–water partition coefficient (Wildman–Crippen LogP) is 4.99. The van der Waals surface area contributed by atoms with Gasteiger partial charge in [0.15, 0.2) is 4.96 Å². The van der Waals surface area contributed by atoms with Gasteiger partial charge in [-0.25, -0.2) is 9.67 Å². The van der Waals surface area contributed by atoms with Crippen LogP contribution in [-0.4, -0.2) is 31.1 Å². The van der Waals surface area contributed by atoms with Crippen LogP contribution in [0.25, 0.3) is 21.9 Å². The minimum absolute atomic E-state index is 0.0726. The van der Waals surface area contributed by atoms with Crippen LogP contribution < -0.4 is 10.9 Å². The molecule has 1 amide bonds. The number of aryl methyl sites for hydroxylation is 2. The van der Waals surface area contributed by atoms with Crippen LogP contribution in [0.2, 0.25) is 10.0 Å². The van der Waals surface area contributed by atoms with Gasteiger partial charge in [0.25, 0.3) is 5.56 Å². The molecule has 33 heavy (non-hydrogen) atoms. The lowest BCUT2D eigenvalue weighted by atomic mass is 10.1. The molecule has 4 aromatic rings. The summed E-state index contributed by atoms with van der Waals surface area (Å²) in [4.78, 5) is 31.2.